The zero-order valence-electron chi connectivity index (χ0n) is 6.70. The highest BCUT2D eigenvalue weighted by Gasteiger charge is 2.35. The maximum Gasteiger partial charge on any atom is 0.179 e. The van der Waals surface area contributed by atoms with Gasteiger partial charge in [-0.25, -0.2) is 0 Å². The summed E-state index contributed by atoms with van der Waals surface area (Å²) in [4.78, 5) is 11.2. The summed E-state index contributed by atoms with van der Waals surface area (Å²) in [5.74, 6) is -0.281. The van der Waals surface area contributed by atoms with Gasteiger partial charge in [0.2, 0.25) is 0 Å². The molecule has 1 aliphatic rings. The second-order valence-corrected chi connectivity index (χ2v) is 3.26. The Labute approximate surface area is 75.7 Å². The first-order chi connectivity index (χ1) is 5.57. The molecule has 0 bridgehead atoms. The molecule has 0 unspecified atom stereocenters. The van der Waals surface area contributed by atoms with E-state index in [1.807, 2.05) is 0 Å². The number of Topliss-reactive ketones (excluding diaryl/α,β-unsaturated/α-hetero) is 1. The van der Waals surface area contributed by atoms with Crippen LogP contribution in [0.15, 0.2) is 11.6 Å². The molecule has 2 N–H and O–H groups in total. The molecule has 1 rings (SSSR count). The van der Waals surface area contributed by atoms with Crippen molar-refractivity contribution >= 4 is 17.4 Å². The summed E-state index contributed by atoms with van der Waals surface area (Å²) in [6, 6.07) is 0. The van der Waals surface area contributed by atoms with Crippen LogP contribution >= 0.6 is 11.6 Å². The summed E-state index contributed by atoms with van der Waals surface area (Å²) >= 11 is 5.59. The van der Waals surface area contributed by atoms with Crippen LogP contribution in [-0.2, 0) is 4.79 Å². The van der Waals surface area contributed by atoms with E-state index in [-0.39, 0.29) is 5.78 Å². The summed E-state index contributed by atoms with van der Waals surface area (Å²) in [5, 5.41) is 17.4. The minimum Gasteiger partial charge on any atom is -0.388 e. The van der Waals surface area contributed by atoms with Crippen molar-refractivity contribution in [3.8, 4) is 0 Å². The number of carbonyl (C=O) groups is 1. The van der Waals surface area contributed by atoms with Gasteiger partial charge in [0.05, 0.1) is 0 Å². The lowest BCUT2D eigenvalue weighted by molar-refractivity contribution is -0.119. The van der Waals surface area contributed by atoms with Gasteiger partial charge in [0.15, 0.2) is 5.78 Å². The standard InChI is InChI=1S/C8H11ClO3/c1-2-4-3-5(10)8(12)6(9)7(4)11/h3,5-6,8,10,12H,2H2,1H3/t5-,6-,8-/m1/s1. The Morgan fingerprint density at radius 2 is 2.17 bits per heavy atom. The SMILES string of the molecule is CCC1=C[C@@H](O)[C@@H](O)[C@H](Cl)C1=O. The van der Waals surface area contributed by atoms with Crippen LogP contribution in [0.3, 0.4) is 0 Å². The Balaban J connectivity index is 2.92. The van der Waals surface area contributed by atoms with E-state index in [0.29, 0.717) is 12.0 Å². The Morgan fingerprint density at radius 1 is 1.58 bits per heavy atom. The Hall–Kier alpha value is -0.380. The van der Waals surface area contributed by atoms with Gasteiger partial charge in [-0.1, -0.05) is 6.92 Å². The van der Waals surface area contributed by atoms with Gasteiger partial charge in [0.1, 0.15) is 17.6 Å². The molecule has 0 aromatic heterocycles. The summed E-state index contributed by atoms with van der Waals surface area (Å²) in [6.07, 6.45) is -0.285. The van der Waals surface area contributed by atoms with E-state index in [4.69, 9.17) is 11.6 Å². The Morgan fingerprint density at radius 3 is 2.67 bits per heavy atom. The first-order valence-corrected chi connectivity index (χ1v) is 4.26. The fourth-order valence-electron chi connectivity index (χ4n) is 1.18. The average molecular weight is 191 g/mol. The van der Waals surface area contributed by atoms with Gasteiger partial charge >= 0.3 is 0 Å². The molecule has 12 heavy (non-hydrogen) atoms. The van der Waals surface area contributed by atoms with Gasteiger partial charge in [-0.15, -0.1) is 11.6 Å². The van der Waals surface area contributed by atoms with Crippen LogP contribution in [0, 0.1) is 0 Å². The minimum atomic E-state index is -1.17. The van der Waals surface area contributed by atoms with Gasteiger partial charge in [-0.3, -0.25) is 4.79 Å². The monoisotopic (exact) mass is 190 g/mol. The van der Waals surface area contributed by atoms with Gasteiger partial charge in [-0.05, 0) is 18.1 Å². The highest BCUT2D eigenvalue weighted by atomic mass is 35.5. The topological polar surface area (TPSA) is 57.5 Å². The maximum atomic E-state index is 11.2. The summed E-state index contributed by atoms with van der Waals surface area (Å²) < 4.78 is 0. The largest absolute Gasteiger partial charge is 0.388 e. The van der Waals surface area contributed by atoms with Gasteiger partial charge in [0, 0.05) is 0 Å². The average Bonchev–Trinajstić information content (AvgIpc) is 2.08. The number of rotatable bonds is 1. The predicted molar refractivity (Wildman–Crippen MR) is 45.0 cm³/mol. The Kier molecular flexibility index (Phi) is 2.88. The molecule has 0 aliphatic heterocycles. The number of allylic oxidation sites excluding steroid dienone is 1. The quantitative estimate of drug-likeness (QED) is 0.583. The fraction of sp³-hybridized carbons (Fsp3) is 0.625. The number of ketones is 1. The van der Waals surface area contributed by atoms with Crippen molar-refractivity contribution in [1.29, 1.82) is 0 Å². The third-order valence-corrected chi connectivity index (χ3v) is 2.43. The molecular formula is C8H11ClO3. The highest BCUT2D eigenvalue weighted by molar-refractivity contribution is 6.34. The molecule has 0 saturated heterocycles. The molecule has 0 radical (unpaired) electrons. The molecular weight excluding hydrogens is 180 g/mol. The molecule has 0 aromatic carbocycles. The second-order valence-electron chi connectivity index (χ2n) is 2.79. The van der Waals surface area contributed by atoms with Crippen LogP contribution in [0.25, 0.3) is 0 Å². The molecule has 1 aliphatic carbocycles. The van der Waals surface area contributed by atoms with Gasteiger partial charge in [-0.2, -0.15) is 0 Å². The van der Waals surface area contributed by atoms with Gasteiger partial charge < -0.3 is 10.2 Å². The van der Waals surface area contributed by atoms with Crippen molar-refractivity contribution in [2.24, 2.45) is 0 Å². The van der Waals surface area contributed by atoms with Crippen molar-refractivity contribution in [3.63, 3.8) is 0 Å². The van der Waals surface area contributed by atoms with E-state index in [9.17, 15) is 15.0 Å². The van der Waals surface area contributed by atoms with Crippen LogP contribution < -0.4 is 0 Å². The summed E-state index contributed by atoms with van der Waals surface area (Å²) in [7, 11) is 0. The van der Waals surface area contributed by atoms with Crippen molar-refractivity contribution in [2.45, 2.75) is 30.9 Å². The van der Waals surface area contributed by atoms with Crippen LogP contribution in [-0.4, -0.2) is 33.6 Å². The van der Waals surface area contributed by atoms with E-state index in [2.05, 4.69) is 0 Å². The van der Waals surface area contributed by atoms with E-state index in [1.165, 1.54) is 6.08 Å². The first kappa shape index (κ1) is 9.71. The van der Waals surface area contributed by atoms with Crippen molar-refractivity contribution in [3.05, 3.63) is 11.6 Å². The van der Waals surface area contributed by atoms with Gasteiger partial charge in [0.25, 0.3) is 0 Å². The normalized spacial score (nSPS) is 36.5. The molecule has 0 saturated carbocycles. The lowest BCUT2D eigenvalue weighted by Crippen LogP contribution is -2.42. The number of hydrogen-bond acceptors (Lipinski definition) is 3. The zero-order chi connectivity index (χ0) is 9.30. The fourth-order valence-corrected chi connectivity index (χ4v) is 1.47. The van der Waals surface area contributed by atoms with Crippen molar-refractivity contribution in [2.75, 3.05) is 0 Å². The summed E-state index contributed by atoms with van der Waals surface area (Å²) in [6.45, 7) is 1.80. The highest BCUT2D eigenvalue weighted by Crippen LogP contribution is 2.22. The molecule has 3 atom stereocenters. The van der Waals surface area contributed by atoms with E-state index in [1.54, 1.807) is 6.92 Å². The molecule has 0 aromatic rings. The van der Waals surface area contributed by atoms with E-state index in [0.717, 1.165) is 0 Å². The van der Waals surface area contributed by atoms with Crippen LogP contribution in [0.5, 0.6) is 0 Å². The molecule has 68 valence electrons. The number of halogens is 1. The molecule has 4 heteroatoms. The maximum absolute atomic E-state index is 11.2. The number of aliphatic hydroxyl groups is 2. The lowest BCUT2D eigenvalue weighted by atomic mass is 9.92. The summed E-state index contributed by atoms with van der Waals surface area (Å²) in [5.41, 5.74) is 0.493. The van der Waals surface area contributed by atoms with E-state index >= 15 is 0 Å². The molecule has 0 heterocycles. The van der Waals surface area contributed by atoms with Crippen molar-refractivity contribution < 1.29 is 15.0 Å². The predicted octanol–water partition coefficient (Wildman–Crippen LogP) is 0.235. The second kappa shape index (κ2) is 3.56. The smallest absolute Gasteiger partial charge is 0.179 e. The van der Waals surface area contributed by atoms with Crippen LogP contribution in [0.2, 0.25) is 0 Å². The number of alkyl halides is 1. The molecule has 0 amide bonds. The Bertz CT molecular complexity index is 224. The number of carbonyl (C=O) groups excluding carboxylic acids is 1. The molecule has 3 nitrogen and oxygen atoms in total. The lowest BCUT2D eigenvalue weighted by Gasteiger charge is -2.25. The molecule has 0 fully saturated rings. The van der Waals surface area contributed by atoms with Crippen molar-refractivity contribution in [1.82, 2.24) is 0 Å². The third-order valence-electron chi connectivity index (χ3n) is 1.97. The zero-order valence-corrected chi connectivity index (χ0v) is 7.45. The molecule has 0 spiro atoms. The van der Waals surface area contributed by atoms with Crippen LogP contribution in [0.4, 0.5) is 0 Å². The van der Waals surface area contributed by atoms with Crippen LogP contribution in [0.1, 0.15) is 13.3 Å². The third kappa shape index (κ3) is 1.53. The minimum absolute atomic E-state index is 0.281. The number of hydrogen-bond donors (Lipinski definition) is 2. The first-order valence-electron chi connectivity index (χ1n) is 3.83. The number of aliphatic hydroxyl groups excluding tert-OH is 2. The van der Waals surface area contributed by atoms with E-state index < -0.39 is 17.6 Å².